The van der Waals surface area contributed by atoms with Gasteiger partial charge in [-0.2, -0.15) is 0 Å². The summed E-state index contributed by atoms with van der Waals surface area (Å²) < 4.78 is 43.3. The Labute approximate surface area is 68.1 Å². The standard InChI is InChI=1S/C6H10F3O3.Rf/c1-11-2-5(10)3-12-6(8,9)4-7;/h4-5,10H,2-3H2,1H3;/q-1;. The Balaban J connectivity index is 0. The molecule has 13 heavy (non-hydrogen) atoms. The third-order valence-electron chi connectivity index (χ3n) is 0.954. The summed E-state index contributed by atoms with van der Waals surface area (Å²) in [6.07, 6.45) is -5.12. The van der Waals surface area contributed by atoms with Crippen LogP contribution in [0, 0.1) is 6.67 Å². The number of aliphatic hydroxyl groups excluding tert-OH is 1. The fourth-order valence-electron chi connectivity index (χ4n) is 0.479. The molecule has 0 aliphatic rings. The van der Waals surface area contributed by atoms with Gasteiger partial charge in [0, 0.05) is 7.11 Å². The number of ether oxygens (including phenoxy) is 2. The summed E-state index contributed by atoms with van der Waals surface area (Å²) in [4.78, 5) is 0. The second kappa shape index (κ2) is 6.22. The van der Waals surface area contributed by atoms with Crippen LogP contribution in [0.3, 0.4) is 0 Å². The molecule has 3 nitrogen and oxygen atoms in total. The first-order valence-electron chi connectivity index (χ1n) is 3.15. The van der Waals surface area contributed by atoms with E-state index in [1.54, 1.807) is 0 Å². The first kappa shape index (κ1) is 14.2. The summed E-state index contributed by atoms with van der Waals surface area (Å²) in [5, 5.41) is 8.79. The van der Waals surface area contributed by atoms with Crippen molar-refractivity contribution in [3.63, 3.8) is 0 Å². The Bertz CT molecular complexity index is 126. The normalized spacial score (nSPS) is 13.6. The molecule has 0 rings (SSSR count). The number of hydrogen-bond donors (Lipinski definition) is 1. The summed E-state index contributed by atoms with van der Waals surface area (Å²) in [6.45, 7) is -1.70. The van der Waals surface area contributed by atoms with Crippen LogP contribution >= 0.6 is 0 Å². The maximum Gasteiger partial charge on any atom is 0.258 e. The van der Waals surface area contributed by atoms with E-state index in [2.05, 4.69) is 9.47 Å². The average Bonchev–Trinajstić information content (AvgIpc) is 2.02. The molecule has 0 heterocycles. The van der Waals surface area contributed by atoms with E-state index >= 15 is 0 Å². The number of rotatable bonds is 6. The van der Waals surface area contributed by atoms with Gasteiger partial charge in [-0.05, 0) is 0 Å². The molecule has 0 radical (unpaired) electrons. The third kappa shape index (κ3) is 7.04. The van der Waals surface area contributed by atoms with Gasteiger partial charge in [0.25, 0.3) is 6.11 Å². The fourth-order valence-corrected chi connectivity index (χ4v) is 0.479. The van der Waals surface area contributed by atoms with Gasteiger partial charge in [-0.25, -0.2) is 8.78 Å². The second-order valence-electron chi connectivity index (χ2n) is 2.09. The van der Waals surface area contributed by atoms with Crippen LogP contribution in [0.2, 0.25) is 0 Å². The number of methoxy groups -OCH3 is 1. The minimum Gasteiger partial charge on any atom is -0.451 e. The van der Waals surface area contributed by atoms with E-state index in [-0.39, 0.29) is 6.61 Å². The van der Waals surface area contributed by atoms with Crippen LogP contribution in [-0.2, 0) is 9.47 Å². The van der Waals surface area contributed by atoms with Crippen LogP contribution in [0.4, 0.5) is 13.2 Å². The van der Waals surface area contributed by atoms with Gasteiger partial charge in [-0.15, -0.1) is 0 Å². The molecule has 0 fully saturated rings. The van der Waals surface area contributed by atoms with Gasteiger partial charge in [0.05, 0.1) is 13.2 Å². The van der Waals surface area contributed by atoms with Crippen LogP contribution < -0.4 is 0 Å². The molecule has 0 saturated heterocycles. The number of alkyl halides is 2. The molecule has 0 saturated carbocycles. The molecule has 76 valence electrons. The average molecular weight is 454 g/mol. The summed E-state index contributed by atoms with van der Waals surface area (Å²) in [5.41, 5.74) is 0. The largest absolute Gasteiger partial charge is 0.451 e. The van der Waals surface area contributed by atoms with E-state index < -0.39 is 25.5 Å². The molecule has 0 aliphatic carbocycles. The number of hydrogen-bond acceptors (Lipinski definition) is 3. The quantitative estimate of drug-likeness (QED) is 0.603. The summed E-state index contributed by atoms with van der Waals surface area (Å²) in [5.74, 6) is 0. The van der Waals surface area contributed by atoms with Crippen molar-refractivity contribution in [3.8, 4) is 0 Å². The topological polar surface area (TPSA) is 38.7 Å². The molecule has 1 unspecified atom stereocenters. The Morgan fingerprint density at radius 3 is 2.38 bits per heavy atom. The number of aliphatic hydroxyl groups is 1. The molecule has 0 aromatic rings. The zero-order valence-corrected chi connectivity index (χ0v) is 13.6. The van der Waals surface area contributed by atoms with Gasteiger partial charge >= 0.3 is 0 Å². The van der Waals surface area contributed by atoms with Gasteiger partial charge in [0.1, 0.15) is 6.10 Å². The van der Waals surface area contributed by atoms with Crippen molar-refractivity contribution in [1.82, 2.24) is 0 Å². The smallest absolute Gasteiger partial charge is 0.258 e. The van der Waals surface area contributed by atoms with Gasteiger partial charge < -0.3 is 19.0 Å². The van der Waals surface area contributed by atoms with Crippen molar-refractivity contribution in [2.24, 2.45) is 0 Å². The maximum atomic E-state index is 11.9. The zero-order valence-electron chi connectivity index (χ0n) is 7.17. The van der Waals surface area contributed by atoms with E-state index in [4.69, 9.17) is 5.11 Å². The van der Waals surface area contributed by atoms with Crippen molar-refractivity contribution in [2.75, 3.05) is 20.3 Å². The zero-order chi connectivity index (χ0) is 9.61. The van der Waals surface area contributed by atoms with Crippen LogP contribution in [0.25, 0.3) is 0 Å². The van der Waals surface area contributed by atoms with Crippen LogP contribution in [0.1, 0.15) is 0 Å². The van der Waals surface area contributed by atoms with E-state index in [9.17, 15) is 13.2 Å². The van der Waals surface area contributed by atoms with Gasteiger partial charge in [-0.3, -0.25) is 0 Å². The van der Waals surface area contributed by atoms with Crippen molar-refractivity contribution in [2.45, 2.75) is 12.2 Å². The predicted octanol–water partition coefficient (Wildman–Crippen LogP) is 0.734. The second-order valence-corrected chi connectivity index (χ2v) is 2.09. The van der Waals surface area contributed by atoms with Crippen LogP contribution in [-0.4, -0.2) is 37.6 Å². The molecule has 7 heteroatoms. The molecule has 0 bridgehead atoms. The molecular weight excluding hydrogens is 444 g/mol. The first-order valence-corrected chi connectivity index (χ1v) is 3.15. The monoisotopic (exact) mass is 454 g/mol. The maximum absolute atomic E-state index is 11.9. The van der Waals surface area contributed by atoms with Crippen molar-refractivity contribution < 1.29 is 27.8 Å². The van der Waals surface area contributed by atoms with E-state index in [1.807, 2.05) is 0 Å². The number of halogens is 3. The summed E-state index contributed by atoms with van der Waals surface area (Å²) >= 11 is 0. The Hall–Kier alpha value is -1.33. The Morgan fingerprint density at radius 2 is 2.00 bits per heavy atom. The Morgan fingerprint density at radius 1 is 1.46 bits per heavy atom. The molecule has 0 amide bonds. The van der Waals surface area contributed by atoms with Crippen molar-refractivity contribution in [3.05, 3.63) is 6.67 Å². The Kier molecular flexibility index (Phi) is 6.79. The molecule has 0 spiro atoms. The molecule has 1 N–H and O–H groups in total. The van der Waals surface area contributed by atoms with E-state index in [0.717, 1.165) is 0 Å². The molecular formula is C6H10F3O3Rf-. The third-order valence-corrected chi connectivity index (χ3v) is 0.954. The van der Waals surface area contributed by atoms with Gasteiger partial charge in [0.2, 0.25) is 0 Å². The van der Waals surface area contributed by atoms with Crippen LogP contribution in [0.5, 0.6) is 0 Å². The fraction of sp³-hybridized carbons (Fsp3) is 0.833. The summed E-state index contributed by atoms with van der Waals surface area (Å²) in [7, 11) is 1.29. The molecule has 1 atom stereocenters. The summed E-state index contributed by atoms with van der Waals surface area (Å²) in [6, 6.07) is 0. The van der Waals surface area contributed by atoms with Crippen molar-refractivity contribution in [1.29, 1.82) is 0 Å². The SMILES string of the molecule is COCC(O)COC(F)(F)[CH-]F.[Rf]. The van der Waals surface area contributed by atoms with E-state index in [0.29, 0.717) is 0 Å². The first-order chi connectivity index (χ1) is 5.52. The predicted molar refractivity (Wildman–Crippen MR) is 34.2 cm³/mol. The molecule has 0 aromatic heterocycles. The minimum atomic E-state index is -3.94. The van der Waals surface area contributed by atoms with Gasteiger partial charge in [-0.1, -0.05) is 6.67 Å². The van der Waals surface area contributed by atoms with E-state index in [1.165, 1.54) is 7.11 Å². The van der Waals surface area contributed by atoms with Gasteiger partial charge in [0.15, 0.2) is 0 Å². The van der Waals surface area contributed by atoms with Crippen molar-refractivity contribution >= 4 is 0 Å². The minimum absolute atomic E-state index is 0. The molecule has 0 aliphatic heterocycles. The van der Waals surface area contributed by atoms with Crippen LogP contribution in [0.15, 0.2) is 0 Å². The molecule has 0 aromatic carbocycles.